The Balaban J connectivity index is 2.48. The number of benzene rings is 1. The van der Waals surface area contributed by atoms with Crippen molar-refractivity contribution in [3.63, 3.8) is 0 Å². The fraction of sp³-hybridized carbons (Fsp3) is 0.417. The van der Waals surface area contributed by atoms with Crippen LogP contribution in [0.4, 0.5) is 10.5 Å². The molecule has 3 N–H and O–H groups in total. The number of carbonyl (C=O) groups excluding carboxylic acids is 1. The van der Waals surface area contributed by atoms with Gasteiger partial charge in [-0.25, -0.2) is 4.79 Å². The molecule has 0 saturated carbocycles. The Kier molecular flexibility index (Phi) is 4.31. The van der Waals surface area contributed by atoms with Gasteiger partial charge in [-0.05, 0) is 32.4 Å². The van der Waals surface area contributed by atoms with E-state index in [1.807, 2.05) is 44.2 Å². The Hall–Kier alpha value is -1.55. The zero-order valence-corrected chi connectivity index (χ0v) is 9.66. The van der Waals surface area contributed by atoms with Crippen LogP contribution in [0.1, 0.15) is 20.3 Å². The third-order valence-electron chi connectivity index (χ3n) is 2.22. The number of hydrogen-bond acceptors (Lipinski definition) is 2. The third kappa shape index (κ3) is 4.31. The van der Waals surface area contributed by atoms with Crippen LogP contribution in [-0.4, -0.2) is 23.3 Å². The van der Waals surface area contributed by atoms with Crippen LogP contribution in [0.2, 0.25) is 0 Å². The van der Waals surface area contributed by atoms with Gasteiger partial charge < -0.3 is 15.7 Å². The van der Waals surface area contributed by atoms with Crippen LogP contribution in [0.5, 0.6) is 0 Å². The van der Waals surface area contributed by atoms with Crippen molar-refractivity contribution in [2.24, 2.45) is 0 Å². The van der Waals surface area contributed by atoms with Crippen LogP contribution >= 0.6 is 0 Å². The van der Waals surface area contributed by atoms with E-state index in [-0.39, 0.29) is 12.6 Å². The van der Waals surface area contributed by atoms with Gasteiger partial charge in [-0.3, -0.25) is 0 Å². The first-order valence-electron chi connectivity index (χ1n) is 5.28. The highest BCUT2D eigenvalue weighted by atomic mass is 16.3. The molecule has 0 fully saturated rings. The molecular weight excluding hydrogens is 204 g/mol. The summed E-state index contributed by atoms with van der Waals surface area (Å²) in [5.74, 6) is 0. The molecule has 88 valence electrons. The second-order valence-electron chi connectivity index (χ2n) is 4.30. The zero-order chi connectivity index (χ0) is 12.0. The number of aliphatic hydroxyl groups is 1. The number of para-hydroxylation sites is 1. The molecule has 0 aliphatic carbocycles. The van der Waals surface area contributed by atoms with Crippen molar-refractivity contribution in [3.8, 4) is 0 Å². The molecule has 2 amide bonds. The van der Waals surface area contributed by atoms with Crippen LogP contribution < -0.4 is 10.6 Å². The summed E-state index contributed by atoms with van der Waals surface area (Å²) >= 11 is 0. The number of hydrogen-bond donors (Lipinski definition) is 3. The van der Waals surface area contributed by atoms with Crippen LogP contribution in [0.15, 0.2) is 30.3 Å². The SMILES string of the molecule is CC(C)(CCO)NC(=O)Nc1ccccc1. The van der Waals surface area contributed by atoms with Gasteiger partial charge in [-0.1, -0.05) is 18.2 Å². The molecule has 4 nitrogen and oxygen atoms in total. The number of amides is 2. The third-order valence-corrected chi connectivity index (χ3v) is 2.22. The molecule has 0 aliphatic heterocycles. The van der Waals surface area contributed by atoms with Gasteiger partial charge in [0, 0.05) is 17.8 Å². The van der Waals surface area contributed by atoms with Gasteiger partial charge >= 0.3 is 6.03 Å². The molecule has 1 aromatic carbocycles. The van der Waals surface area contributed by atoms with E-state index in [9.17, 15) is 4.79 Å². The highest BCUT2D eigenvalue weighted by molar-refractivity contribution is 5.89. The van der Waals surface area contributed by atoms with E-state index >= 15 is 0 Å². The van der Waals surface area contributed by atoms with Crippen molar-refractivity contribution < 1.29 is 9.90 Å². The first-order chi connectivity index (χ1) is 7.53. The average molecular weight is 222 g/mol. The molecule has 0 aromatic heterocycles. The molecule has 0 heterocycles. The summed E-state index contributed by atoms with van der Waals surface area (Å²) in [5, 5.41) is 14.4. The summed E-state index contributed by atoms with van der Waals surface area (Å²) in [6.07, 6.45) is 0.523. The highest BCUT2D eigenvalue weighted by Gasteiger charge is 2.19. The van der Waals surface area contributed by atoms with Gasteiger partial charge in [0.2, 0.25) is 0 Å². The summed E-state index contributed by atoms with van der Waals surface area (Å²) in [6.45, 7) is 3.79. The first kappa shape index (κ1) is 12.5. The molecule has 0 bridgehead atoms. The Morgan fingerprint density at radius 2 is 1.94 bits per heavy atom. The second kappa shape index (κ2) is 5.51. The van der Waals surface area contributed by atoms with Gasteiger partial charge in [0.05, 0.1) is 0 Å². The van der Waals surface area contributed by atoms with Gasteiger partial charge in [0.1, 0.15) is 0 Å². The van der Waals surface area contributed by atoms with E-state index in [1.165, 1.54) is 0 Å². The quantitative estimate of drug-likeness (QED) is 0.729. The van der Waals surface area contributed by atoms with Gasteiger partial charge in [0.15, 0.2) is 0 Å². The van der Waals surface area contributed by atoms with E-state index in [4.69, 9.17) is 5.11 Å². The van der Waals surface area contributed by atoms with E-state index in [1.54, 1.807) is 0 Å². The predicted molar refractivity (Wildman–Crippen MR) is 64.4 cm³/mol. The summed E-state index contributed by atoms with van der Waals surface area (Å²) < 4.78 is 0. The highest BCUT2D eigenvalue weighted by Crippen LogP contribution is 2.09. The molecule has 4 heteroatoms. The smallest absolute Gasteiger partial charge is 0.319 e. The number of carbonyl (C=O) groups is 1. The molecule has 0 spiro atoms. The van der Waals surface area contributed by atoms with Crippen molar-refractivity contribution in [2.75, 3.05) is 11.9 Å². The number of anilines is 1. The molecular formula is C12H18N2O2. The summed E-state index contributed by atoms with van der Waals surface area (Å²) in [6, 6.07) is 8.98. The summed E-state index contributed by atoms with van der Waals surface area (Å²) in [4.78, 5) is 11.6. The van der Waals surface area contributed by atoms with Gasteiger partial charge in [-0.15, -0.1) is 0 Å². The molecule has 0 unspecified atom stereocenters. The molecule has 1 rings (SSSR count). The lowest BCUT2D eigenvalue weighted by molar-refractivity contribution is 0.218. The molecule has 0 atom stereocenters. The maximum absolute atomic E-state index is 11.6. The molecule has 0 radical (unpaired) electrons. The minimum atomic E-state index is -0.409. The van der Waals surface area contributed by atoms with Gasteiger partial charge in [-0.2, -0.15) is 0 Å². The van der Waals surface area contributed by atoms with E-state index in [2.05, 4.69) is 10.6 Å². The Morgan fingerprint density at radius 1 is 1.31 bits per heavy atom. The normalized spacial score (nSPS) is 10.9. The topological polar surface area (TPSA) is 61.4 Å². The van der Waals surface area contributed by atoms with Crippen LogP contribution in [0, 0.1) is 0 Å². The lowest BCUT2D eigenvalue weighted by Gasteiger charge is -2.25. The van der Waals surface area contributed by atoms with Crippen LogP contribution in [0.3, 0.4) is 0 Å². The minimum absolute atomic E-state index is 0.0542. The molecule has 1 aromatic rings. The fourth-order valence-corrected chi connectivity index (χ4v) is 1.33. The van der Waals surface area contributed by atoms with E-state index in [0.29, 0.717) is 6.42 Å². The largest absolute Gasteiger partial charge is 0.396 e. The zero-order valence-electron chi connectivity index (χ0n) is 9.66. The van der Waals surface area contributed by atoms with Crippen molar-refractivity contribution >= 4 is 11.7 Å². The Morgan fingerprint density at radius 3 is 2.50 bits per heavy atom. The maximum Gasteiger partial charge on any atom is 0.319 e. The lowest BCUT2D eigenvalue weighted by Crippen LogP contribution is -2.46. The fourth-order valence-electron chi connectivity index (χ4n) is 1.33. The van der Waals surface area contributed by atoms with E-state index < -0.39 is 5.54 Å². The minimum Gasteiger partial charge on any atom is -0.396 e. The van der Waals surface area contributed by atoms with Gasteiger partial charge in [0.25, 0.3) is 0 Å². The lowest BCUT2D eigenvalue weighted by atomic mass is 10.0. The van der Waals surface area contributed by atoms with Crippen molar-refractivity contribution in [3.05, 3.63) is 30.3 Å². The Labute approximate surface area is 95.7 Å². The number of aliphatic hydroxyl groups excluding tert-OH is 1. The molecule has 0 aliphatic rings. The Bertz CT molecular complexity index is 336. The summed E-state index contributed by atoms with van der Waals surface area (Å²) in [7, 11) is 0. The van der Waals surface area contributed by atoms with Crippen LogP contribution in [0.25, 0.3) is 0 Å². The van der Waals surface area contributed by atoms with Crippen molar-refractivity contribution in [2.45, 2.75) is 25.8 Å². The number of nitrogens with one attached hydrogen (secondary N) is 2. The number of urea groups is 1. The van der Waals surface area contributed by atoms with Crippen molar-refractivity contribution in [1.29, 1.82) is 0 Å². The molecule has 16 heavy (non-hydrogen) atoms. The van der Waals surface area contributed by atoms with Crippen molar-refractivity contribution in [1.82, 2.24) is 5.32 Å². The average Bonchev–Trinajstić information content (AvgIpc) is 2.17. The monoisotopic (exact) mass is 222 g/mol. The molecule has 0 saturated heterocycles. The maximum atomic E-state index is 11.6. The van der Waals surface area contributed by atoms with Crippen LogP contribution in [-0.2, 0) is 0 Å². The summed E-state index contributed by atoms with van der Waals surface area (Å²) in [5.41, 5.74) is 0.341. The predicted octanol–water partition coefficient (Wildman–Crippen LogP) is 1.97. The number of rotatable bonds is 4. The first-order valence-corrected chi connectivity index (χ1v) is 5.28. The second-order valence-corrected chi connectivity index (χ2v) is 4.30. The standard InChI is InChI=1S/C12H18N2O2/c1-12(2,8-9-15)14-11(16)13-10-6-4-3-5-7-10/h3-7,15H,8-9H2,1-2H3,(H2,13,14,16). The van der Waals surface area contributed by atoms with E-state index in [0.717, 1.165) is 5.69 Å².